The standard InChI is InChI=1S/C33H47F3N4O11S/c1-19(41)38-24-22(42)15-32(28(46)47,9-11-40-12-13-49-18-31(40)8-10-39(17-31)29(48)51-30(2,3)4)50-26(24)25(44)23(43)16-37-27(45)20-6-5-7-21(14-20)52-33(34,35)36/h5-7,14,22-26,42-44H,8-13,15-18H2,1-4H3,(H,37,45)(H,38,41)(H,46,47)/t22-,23+,24+,25+,26+,31-,32+/m0/s1. The number of alkyl halides is 3. The maximum absolute atomic E-state index is 12.9. The number of ether oxygens (including phenoxy) is 3. The Labute approximate surface area is 303 Å². The molecule has 1 aromatic rings. The van der Waals surface area contributed by atoms with Crippen LogP contribution in [0.25, 0.3) is 0 Å². The number of morpholine rings is 1. The molecule has 292 valence electrons. The zero-order valence-corrected chi connectivity index (χ0v) is 30.2. The van der Waals surface area contributed by atoms with Crippen molar-refractivity contribution >= 4 is 35.6 Å². The quantitative estimate of drug-likeness (QED) is 0.176. The van der Waals surface area contributed by atoms with Crippen LogP contribution in [0.3, 0.4) is 0 Å². The first kappa shape index (κ1) is 41.6. The number of rotatable bonds is 11. The van der Waals surface area contributed by atoms with Gasteiger partial charge in [0.05, 0.1) is 37.0 Å². The summed E-state index contributed by atoms with van der Waals surface area (Å²) in [5.74, 6) is -2.97. The Bertz CT molecular complexity index is 1470. The van der Waals surface area contributed by atoms with E-state index in [1.54, 1.807) is 25.7 Å². The van der Waals surface area contributed by atoms with Crippen molar-refractivity contribution in [2.75, 3.05) is 45.9 Å². The number of amides is 3. The largest absolute Gasteiger partial charge is 0.479 e. The van der Waals surface area contributed by atoms with E-state index in [-0.39, 0.29) is 36.6 Å². The van der Waals surface area contributed by atoms with Gasteiger partial charge in [-0.1, -0.05) is 6.07 Å². The summed E-state index contributed by atoms with van der Waals surface area (Å²) < 4.78 is 55.8. The van der Waals surface area contributed by atoms with Crippen molar-refractivity contribution in [3.63, 3.8) is 0 Å². The van der Waals surface area contributed by atoms with Crippen LogP contribution in [-0.4, -0.2) is 153 Å². The van der Waals surface area contributed by atoms with E-state index in [9.17, 15) is 52.8 Å². The number of nitrogens with one attached hydrogen (secondary N) is 2. The third-order valence-corrected chi connectivity index (χ3v) is 10.00. The van der Waals surface area contributed by atoms with Crippen LogP contribution in [-0.2, 0) is 23.8 Å². The van der Waals surface area contributed by atoms with Gasteiger partial charge in [0.15, 0.2) is 5.60 Å². The van der Waals surface area contributed by atoms with E-state index in [4.69, 9.17) is 14.2 Å². The number of aliphatic hydroxyl groups excluding tert-OH is 3. The molecule has 1 spiro atoms. The van der Waals surface area contributed by atoms with E-state index >= 15 is 0 Å². The van der Waals surface area contributed by atoms with Crippen molar-refractivity contribution in [1.29, 1.82) is 0 Å². The number of benzene rings is 1. The number of thioether (sulfide) groups is 1. The van der Waals surface area contributed by atoms with Crippen molar-refractivity contribution in [3.05, 3.63) is 29.8 Å². The van der Waals surface area contributed by atoms with Gasteiger partial charge in [0, 0.05) is 62.9 Å². The summed E-state index contributed by atoms with van der Waals surface area (Å²) in [6.07, 6.45) is -7.71. The topological polar surface area (TPSA) is 207 Å². The summed E-state index contributed by atoms with van der Waals surface area (Å²) in [5, 5.41) is 48.7. The lowest BCUT2D eigenvalue weighted by Gasteiger charge is -2.49. The maximum atomic E-state index is 12.9. The molecule has 3 fully saturated rings. The summed E-state index contributed by atoms with van der Waals surface area (Å²) in [6.45, 7) is 7.54. The number of likely N-dealkylation sites (tertiary alicyclic amines) is 1. The monoisotopic (exact) mass is 764 g/mol. The van der Waals surface area contributed by atoms with Crippen molar-refractivity contribution in [2.45, 2.75) is 105 Å². The molecule has 0 aliphatic carbocycles. The van der Waals surface area contributed by atoms with Gasteiger partial charge in [-0.05, 0) is 57.2 Å². The SMILES string of the molecule is CC(=O)N[C@H]1[C@H]([C@H](O)[C@H](O)CNC(=O)c2cccc(SC(F)(F)F)c2)O[C@@](CCN2CCOC[C@@]23CCN(C(=O)OC(C)(C)C)C3)(C(=O)O)C[C@@H]1O. The van der Waals surface area contributed by atoms with E-state index in [0.29, 0.717) is 26.1 Å². The molecule has 3 aliphatic heterocycles. The molecule has 3 aliphatic rings. The van der Waals surface area contributed by atoms with Crippen LogP contribution in [0.4, 0.5) is 18.0 Å². The molecule has 19 heteroatoms. The number of carboxylic acid groups (broad SMARTS) is 1. The number of halogens is 3. The summed E-state index contributed by atoms with van der Waals surface area (Å²) >= 11 is -0.413. The Kier molecular flexibility index (Phi) is 13.1. The number of carbonyl (C=O) groups is 4. The minimum Gasteiger partial charge on any atom is -0.479 e. The second-order valence-electron chi connectivity index (χ2n) is 14.4. The van der Waals surface area contributed by atoms with E-state index in [2.05, 4.69) is 10.6 Å². The predicted octanol–water partition coefficient (Wildman–Crippen LogP) is 1.33. The Balaban J connectivity index is 1.49. The average Bonchev–Trinajstić information content (AvgIpc) is 3.46. The highest BCUT2D eigenvalue weighted by molar-refractivity contribution is 8.00. The van der Waals surface area contributed by atoms with E-state index in [1.807, 2.05) is 4.90 Å². The first-order valence-corrected chi connectivity index (χ1v) is 17.6. The molecule has 0 unspecified atom stereocenters. The predicted molar refractivity (Wildman–Crippen MR) is 178 cm³/mol. The first-order valence-electron chi connectivity index (χ1n) is 16.8. The van der Waals surface area contributed by atoms with Crippen LogP contribution in [0.1, 0.15) is 57.3 Å². The van der Waals surface area contributed by atoms with E-state index < -0.39 is 101 Å². The molecule has 3 saturated heterocycles. The molecule has 0 bridgehead atoms. The van der Waals surface area contributed by atoms with Crippen molar-refractivity contribution in [3.8, 4) is 0 Å². The number of hydrogen-bond acceptors (Lipinski definition) is 12. The van der Waals surface area contributed by atoms with Gasteiger partial charge in [0.2, 0.25) is 5.91 Å². The Morgan fingerprint density at radius 3 is 2.50 bits per heavy atom. The fourth-order valence-corrected chi connectivity index (χ4v) is 7.38. The van der Waals surface area contributed by atoms with Crippen molar-refractivity contribution < 1.29 is 67.0 Å². The van der Waals surface area contributed by atoms with Crippen LogP contribution in [0, 0.1) is 0 Å². The zero-order chi connectivity index (χ0) is 38.6. The number of aliphatic carboxylic acids is 1. The number of carboxylic acids is 1. The van der Waals surface area contributed by atoms with Crippen LogP contribution in [0.5, 0.6) is 0 Å². The molecule has 0 saturated carbocycles. The van der Waals surface area contributed by atoms with Gasteiger partial charge in [-0.15, -0.1) is 0 Å². The molecule has 0 aromatic heterocycles. The molecule has 7 atom stereocenters. The lowest BCUT2D eigenvalue weighted by Crippen LogP contribution is -2.68. The molecule has 3 amide bonds. The lowest BCUT2D eigenvalue weighted by molar-refractivity contribution is -0.231. The second kappa shape index (κ2) is 16.4. The van der Waals surface area contributed by atoms with Crippen LogP contribution >= 0.6 is 11.8 Å². The Morgan fingerprint density at radius 2 is 1.87 bits per heavy atom. The van der Waals surface area contributed by atoms with Gasteiger partial charge in [-0.2, -0.15) is 13.2 Å². The molecule has 3 heterocycles. The summed E-state index contributed by atoms with van der Waals surface area (Å²) in [7, 11) is 0. The minimum atomic E-state index is -4.58. The highest BCUT2D eigenvalue weighted by atomic mass is 32.2. The summed E-state index contributed by atoms with van der Waals surface area (Å²) in [4.78, 5) is 53.9. The maximum Gasteiger partial charge on any atom is 0.446 e. The molecular weight excluding hydrogens is 717 g/mol. The van der Waals surface area contributed by atoms with Crippen LogP contribution in [0.2, 0.25) is 0 Å². The zero-order valence-electron chi connectivity index (χ0n) is 29.4. The minimum absolute atomic E-state index is 0.114. The van der Waals surface area contributed by atoms with E-state index in [1.165, 1.54) is 18.2 Å². The summed E-state index contributed by atoms with van der Waals surface area (Å²) in [5.41, 5.74) is -8.21. The van der Waals surface area contributed by atoms with Crippen molar-refractivity contribution in [1.82, 2.24) is 20.4 Å². The number of hydrogen-bond donors (Lipinski definition) is 6. The van der Waals surface area contributed by atoms with Gasteiger partial charge in [0.1, 0.15) is 17.8 Å². The van der Waals surface area contributed by atoms with Gasteiger partial charge in [0.25, 0.3) is 5.91 Å². The molecule has 15 nitrogen and oxygen atoms in total. The normalized spacial score (nSPS) is 28.3. The smallest absolute Gasteiger partial charge is 0.446 e. The third kappa shape index (κ3) is 10.5. The number of nitrogens with zero attached hydrogens (tertiary/aromatic N) is 2. The summed E-state index contributed by atoms with van der Waals surface area (Å²) in [6, 6.07) is 3.31. The fourth-order valence-electron chi connectivity index (χ4n) is 6.78. The number of carbonyl (C=O) groups excluding carboxylic acids is 3. The van der Waals surface area contributed by atoms with Gasteiger partial charge in [-0.3, -0.25) is 14.5 Å². The molecule has 0 radical (unpaired) electrons. The molecule has 4 rings (SSSR count). The Morgan fingerprint density at radius 1 is 1.15 bits per heavy atom. The molecule has 1 aromatic carbocycles. The Hall–Kier alpha value is -3.20. The van der Waals surface area contributed by atoms with Crippen LogP contribution < -0.4 is 10.6 Å². The van der Waals surface area contributed by atoms with E-state index in [0.717, 1.165) is 13.0 Å². The molecular formula is C33H47F3N4O11S. The lowest BCUT2D eigenvalue weighted by atomic mass is 9.81. The van der Waals surface area contributed by atoms with Crippen molar-refractivity contribution in [2.24, 2.45) is 0 Å². The highest BCUT2D eigenvalue weighted by Gasteiger charge is 2.55. The van der Waals surface area contributed by atoms with Crippen LogP contribution in [0.15, 0.2) is 29.2 Å². The van der Waals surface area contributed by atoms with Gasteiger partial charge >= 0.3 is 17.6 Å². The molecule has 52 heavy (non-hydrogen) atoms. The second-order valence-corrected chi connectivity index (χ2v) is 15.5. The highest BCUT2D eigenvalue weighted by Crippen LogP contribution is 2.39. The van der Waals surface area contributed by atoms with Gasteiger partial charge in [-0.25, -0.2) is 9.59 Å². The number of aliphatic hydroxyl groups is 3. The average molecular weight is 765 g/mol. The van der Waals surface area contributed by atoms with Gasteiger partial charge < -0.3 is 50.2 Å². The first-order chi connectivity index (χ1) is 24.1. The molecule has 6 N–H and O–H groups in total. The third-order valence-electron chi connectivity index (χ3n) is 9.28. The fraction of sp³-hybridized carbons (Fsp3) is 0.697.